The molecule has 0 nitrogen and oxygen atoms in total. The highest BCUT2D eigenvalue weighted by Crippen LogP contribution is 2.35. The third kappa shape index (κ3) is 3.26. The van der Waals surface area contributed by atoms with Crippen molar-refractivity contribution in [3.8, 4) is 0 Å². The normalized spacial score (nSPS) is 15.0. The predicted molar refractivity (Wildman–Crippen MR) is 62.1 cm³/mol. The summed E-state index contributed by atoms with van der Waals surface area (Å²) in [6, 6.07) is 3.74. The van der Waals surface area contributed by atoms with Crippen molar-refractivity contribution in [1.82, 2.24) is 0 Å². The number of alkyl halides is 1. The first-order valence-corrected chi connectivity index (χ1v) is 6.06. The van der Waals surface area contributed by atoms with E-state index in [1.54, 1.807) is 0 Å². The van der Waals surface area contributed by atoms with Crippen LogP contribution in [0.25, 0.3) is 0 Å². The molecular formula is C12H15BrF2. The van der Waals surface area contributed by atoms with Crippen LogP contribution < -0.4 is 0 Å². The fraction of sp³-hybridized carbons (Fsp3) is 0.500. The van der Waals surface area contributed by atoms with Crippen molar-refractivity contribution in [2.75, 3.05) is 0 Å². The van der Waals surface area contributed by atoms with Gasteiger partial charge in [-0.25, -0.2) is 8.78 Å². The first-order chi connectivity index (χ1) is 7.06. The third-order valence-corrected chi connectivity index (χ3v) is 3.90. The Bertz CT molecular complexity index is 325. The van der Waals surface area contributed by atoms with Crippen LogP contribution in [-0.2, 0) is 0 Å². The molecule has 0 bridgehead atoms. The van der Waals surface area contributed by atoms with Crippen LogP contribution in [0.3, 0.4) is 0 Å². The molecule has 0 aliphatic rings. The van der Waals surface area contributed by atoms with Crippen molar-refractivity contribution in [2.45, 2.75) is 31.5 Å². The summed E-state index contributed by atoms with van der Waals surface area (Å²) in [5.74, 6) is -0.658. The van der Waals surface area contributed by atoms with Crippen LogP contribution in [0.2, 0.25) is 0 Å². The molecule has 0 aliphatic heterocycles. The Hall–Kier alpha value is -0.440. The summed E-state index contributed by atoms with van der Waals surface area (Å²) in [6.07, 6.45) is 2.08. The molecule has 1 rings (SSSR count). The van der Waals surface area contributed by atoms with E-state index in [1.165, 1.54) is 12.1 Å². The SMILES string of the molecule is CCCC(C)C(Br)c1ccc(F)cc1F. The van der Waals surface area contributed by atoms with Crippen LogP contribution in [0.4, 0.5) is 8.78 Å². The first-order valence-electron chi connectivity index (χ1n) is 5.15. The van der Waals surface area contributed by atoms with E-state index in [0.29, 0.717) is 11.5 Å². The molecule has 1 aromatic carbocycles. The number of hydrogen-bond acceptors (Lipinski definition) is 0. The van der Waals surface area contributed by atoms with E-state index in [-0.39, 0.29) is 4.83 Å². The highest BCUT2D eigenvalue weighted by Gasteiger charge is 2.18. The number of hydrogen-bond donors (Lipinski definition) is 0. The van der Waals surface area contributed by atoms with Gasteiger partial charge < -0.3 is 0 Å². The summed E-state index contributed by atoms with van der Waals surface area (Å²) in [5.41, 5.74) is 0.539. The summed E-state index contributed by atoms with van der Waals surface area (Å²) in [7, 11) is 0. The lowest BCUT2D eigenvalue weighted by molar-refractivity contribution is 0.496. The Morgan fingerprint density at radius 1 is 1.33 bits per heavy atom. The van der Waals surface area contributed by atoms with Crippen molar-refractivity contribution in [3.63, 3.8) is 0 Å². The van der Waals surface area contributed by atoms with E-state index >= 15 is 0 Å². The molecule has 0 radical (unpaired) electrons. The zero-order valence-corrected chi connectivity index (χ0v) is 10.5. The van der Waals surface area contributed by atoms with E-state index in [4.69, 9.17) is 0 Å². The van der Waals surface area contributed by atoms with E-state index in [0.717, 1.165) is 18.9 Å². The lowest BCUT2D eigenvalue weighted by Crippen LogP contribution is -2.05. The van der Waals surface area contributed by atoms with Gasteiger partial charge in [0.2, 0.25) is 0 Å². The molecule has 0 N–H and O–H groups in total. The Kier molecular flexibility index (Phi) is 4.71. The molecule has 15 heavy (non-hydrogen) atoms. The summed E-state index contributed by atoms with van der Waals surface area (Å²) in [6.45, 7) is 4.16. The number of halogens is 3. The van der Waals surface area contributed by atoms with Gasteiger partial charge in [-0.3, -0.25) is 0 Å². The van der Waals surface area contributed by atoms with Gasteiger partial charge in [-0.1, -0.05) is 42.3 Å². The standard InChI is InChI=1S/C12H15BrF2/c1-3-4-8(2)12(13)10-6-5-9(14)7-11(10)15/h5-8,12H,3-4H2,1-2H3. The summed E-state index contributed by atoms with van der Waals surface area (Å²) in [5, 5.41) is 0. The molecule has 0 fully saturated rings. The zero-order valence-electron chi connectivity index (χ0n) is 8.93. The lowest BCUT2D eigenvalue weighted by Gasteiger charge is -2.18. The van der Waals surface area contributed by atoms with Crippen LogP contribution in [0.15, 0.2) is 18.2 Å². The van der Waals surface area contributed by atoms with Crippen molar-refractivity contribution in [1.29, 1.82) is 0 Å². The lowest BCUT2D eigenvalue weighted by atomic mass is 9.96. The third-order valence-electron chi connectivity index (χ3n) is 2.50. The number of benzene rings is 1. The van der Waals surface area contributed by atoms with Gasteiger partial charge >= 0.3 is 0 Å². The van der Waals surface area contributed by atoms with E-state index in [1.807, 2.05) is 0 Å². The van der Waals surface area contributed by atoms with Gasteiger partial charge in [0, 0.05) is 16.5 Å². The molecular weight excluding hydrogens is 262 g/mol. The van der Waals surface area contributed by atoms with Gasteiger partial charge in [-0.2, -0.15) is 0 Å². The van der Waals surface area contributed by atoms with Crippen molar-refractivity contribution in [3.05, 3.63) is 35.4 Å². The molecule has 0 aliphatic carbocycles. The highest BCUT2D eigenvalue weighted by molar-refractivity contribution is 9.09. The van der Waals surface area contributed by atoms with Gasteiger partial charge in [-0.05, 0) is 18.4 Å². The quantitative estimate of drug-likeness (QED) is 0.691. The molecule has 0 saturated carbocycles. The average Bonchev–Trinajstić information content (AvgIpc) is 2.17. The molecule has 0 saturated heterocycles. The van der Waals surface area contributed by atoms with E-state index < -0.39 is 11.6 Å². The topological polar surface area (TPSA) is 0 Å². The number of rotatable bonds is 4. The van der Waals surface area contributed by atoms with Gasteiger partial charge in [0.1, 0.15) is 11.6 Å². The summed E-state index contributed by atoms with van der Waals surface area (Å²) >= 11 is 3.47. The van der Waals surface area contributed by atoms with Crippen molar-refractivity contribution >= 4 is 15.9 Å². The first kappa shape index (κ1) is 12.6. The minimum atomic E-state index is -0.529. The summed E-state index contributed by atoms with van der Waals surface area (Å²) in [4.78, 5) is -0.0435. The molecule has 0 heterocycles. The van der Waals surface area contributed by atoms with Gasteiger partial charge in [-0.15, -0.1) is 0 Å². The van der Waals surface area contributed by atoms with Crippen LogP contribution in [0, 0.1) is 17.6 Å². The highest BCUT2D eigenvalue weighted by atomic mass is 79.9. The van der Waals surface area contributed by atoms with Crippen LogP contribution in [0.1, 0.15) is 37.1 Å². The van der Waals surface area contributed by atoms with Crippen LogP contribution in [0.5, 0.6) is 0 Å². The van der Waals surface area contributed by atoms with Gasteiger partial charge in [0.05, 0.1) is 0 Å². The molecule has 1 aromatic rings. The van der Waals surface area contributed by atoms with Crippen LogP contribution in [-0.4, -0.2) is 0 Å². The Labute approximate surface area is 97.8 Å². The zero-order chi connectivity index (χ0) is 11.4. The fourth-order valence-corrected chi connectivity index (χ4v) is 2.27. The maximum Gasteiger partial charge on any atom is 0.130 e. The summed E-state index contributed by atoms with van der Waals surface area (Å²) < 4.78 is 26.1. The molecule has 2 unspecified atom stereocenters. The second kappa shape index (κ2) is 5.59. The Morgan fingerprint density at radius 3 is 2.53 bits per heavy atom. The Balaban J connectivity index is 2.86. The van der Waals surface area contributed by atoms with E-state index in [2.05, 4.69) is 29.8 Å². The Morgan fingerprint density at radius 2 is 2.00 bits per heavy atom. The maximum atomic E-state index is 13.4. The monoisotopic (exact) mass is 276 g/mol. The predicted octanol–water partition coefficient (Wildman–Crippen LogP) is 4.84. The smallest absolute Gasteiger partial charge is 0.130 e. The molecule has 0 aromatic heterocycles. The second-order valence-electron chi connectivity index (χ2n) is 3.83. The molecule has 3 heteroatoms. The largest absolute Gasteiger partial charge is 0.207 e. The van der Waals surface area contributed by atoms with Crippen LogP contribution >= 0.6 is 15.9 Å². The molecule has 0 amide bonds. The second-order valence-corrected chi connectivity index (χ2v) is 4.82. The van der Waals surface area contributed by atoms with Crippen molar-refractivity contribution in [2.24, 2.45) is 5.92 Å². The van der Waals surface area contributed by atoms with Gasteiger partial charge in [0.25, 0.3) is 0 Å². The fourth-order valence-electron chi connectivity index (χ4n) is 1.63. The molecule has 2 atom stereocenters. The maximum absolute atomic E-state index is 13.4. The van der Waals surface area contributed by atoms with E-state index in [9.17, 15) is 8.78 Å². The van der Waals surface area contributed by atoms with Gasteiger partial charge in [0.15, 0.2) is 0 Å². The molecule has 84 valence electrons. The molecule has 0 spiro atoms. The average molecular weight is 277 g/mol. The minimum Gasteiger partial charge on any atom is -0.207 e. The minimum absolute atomic E-state index is 0.0435. The van der Waals surface area contributed by atoms with Crippen molar-refractivity contribution < 1.29 is 8.78 Å².